The van der Waals surface area contributed by atoms with Crippen LogP contribution in [0.1, 0.15) is 17.3 Å². The minimum atomic E-state index is -0.0147. The summed E-state index contributed by atoms with van der Waals surface area (Å²) in [6, 6.07) is 9.67. The van der Waals surface area contributed by atoms with Crippen LogP contribution in [0.2, 0.25) is 0 Å². The Labute approximate surface area is 87.5 Å². The number of carbonyl (C=O) groups is 1. The van der Waals surface area contributed by atoms with E-state index in [9.17, 15) is 4.79 Å². The van der Waals surface area contributed by atoms with E-state index < -0.39 is 0 Å². The largest absolute Gasteiger partial charge is 0.287 e. The van der Waals surface area contributed by atoms with Crippen molar-refractivity contribution in [3.63, 3.8) is 0 Å². The van der Waals surface area contributed by atoms with Crippen LogP contribution in [-0.4, -0.2) is 10.5 Å². The molecule has 0 N–H and O–H groups in total. The van der Waals surface area contributed by atoms with E-state index in [0.29, 0.717) is 6.42 Å². The Bertz CT molecular complexity index is 560. The molecule has 3 heteroatoms. The summed E-state index contributed by atoms with van der Waals surface area (Å²) in [6.45, 7) is 1.52. The quantitative estimate of drug-likeness (QED) is 0.706. The average molecular weight is 198 g/mol. The number of rotatable bonds is 1. The van der Waals surface area contributed by atoms with Gasteiger partial charge >= 0.3 is 0 Å². The third-order valence-electron chi connectivity index (χ3n) is 2.43. The van der Waals surface area contributed by atoms with Gasteiger partial charge in [-0.2, -0.15) is 5.26 Å². The molecular formula is C12H10N2O. The van der Waals surface area contributed by atoms with E-state index in [0.717, 1.165) is 16.5 Å². The van der Waals surface area contributed by atoms with E-state index in [1.165, 1.54) is 6.92 Å². The highest BCUT2D eigenvalue weighted by Gasteiger charge is 2.06. The topological polar surface area (TPSA) is 45.8 Å². The molecule has 0 amide bonds. The van der Waals surface area contributed by atoms with E-state index in [1.807, 2.05) is 24.3 Å². The number of aromatic nitrogens is 1. The molecule has 0 aliphatic carbocycles. The molecule has 0 aliphatic rings. The maximum absolute atomic E-state index is 11.3. The van der Waals surface area contributed by atoms with E-state index in [-0.39, 0.29) is 5.91 Å². The Hall–Kier alpha value is -2.08. The van der Waals surface area contributed by atoms with Gasteiger partial charge in [0.15, 0.2) is 0 Å². The molecule has 0 atom stereocenters. The summed E-state index contributed by atoms with van der Waals surface area (Å²) >= 11 is 0. The van der Waals surface area contributed by atoms with Crippen LogP contribution < -0.4 is 0 Å². The second-order valence-electron chi connectivity index (χ2n) is 3.39. The molecule has 3 nitrogen and oxygen atoms in total. The standard InChI is InChI=1S/C12H10N2O/c1-9(15)14-8-6-11-10(5-7-13)3-2-4-12(11)14/h2-4,6,8H,5H2,1H3. The molecule has 0 saturated heterocycles. The van der Waals surface area contributed by atoms with Crippen LogP contribution in [0, 0.1) is 11.3 Å². The molecule has 0 saturated carbocycles. The van der Waals surface area contributed by atoms with Crippen molar-refractivity contribution in [3.8, 4) is 6.07 Å². The van der Waals surface area contributed by atoms with E-state index in [1.54, 1.807) is 10.8 Å². The first kappa shape index (κ1) is 9.47. The van der Waals surface area contributed by atoms with Crippen molar-refractivity contribution >= 4 is 16.8 Å². The first-order chi connectivity index (χ1) is 7.24. The van der Waals surface area contributed by atoms with Crippen LogP contribution in [0.25, 0.3) is 10.9 Å². The van der Waals surface area contributed by atoms with Gasteiger partial charge in [-0.25, -0.2) is 0 Å². The van der Waals surface area contributed by atoms with Gasteiger partial charge in [0.05, 0.1) is 18.0 Å². The number of fused-ring (bicyclic) bond motifs is 1. The molecular weight excluding hydrogens is 188 g/mol. The van der Waals surface area contributed by atoms with Gasteiger partial charge in [-0.1, -0.05) is 12.1 Å². The fourth-order valence-corrected chi connectivity index (χ4v) is 1.75. The van der Waals surface area contributed by atoms with Crippen LogP contribution in [0.3, 0.4) is 0 Å². The monoisotopic (exact) mass is 198 g/mol. The highest BCUT2D eigenvalue weighted by molar-refractivity contribution is 5.93. The smallest absolute Gasteiger partial charge is 0.227 e. The van der Waals surface area contributed by atoms with Crippen molar-refractivity contribution < 1.29 is 4.79 Å². The number of hydrogen-bond acceptors (Lipinski definition) is 2. The summed E-state index contributed by atoms with van der Waals surface area (Å²) in [7, 11) is 0. The van der Waals surface area contributed by atoms with E-state index in [2.05, 4.69) is 6.07 Å². The van der Waals surface area contributed by atoms with Crippen molar-refractivity contribution in [3.05, 3.63) is 36.0 Å². The second kappa shape index (κ2) is 3.58. The molecule has 15 heavy (non-hydrogen) atoms. The highest BCUT2D eigenvalue weighted by Crippen LogP contribution is 2.20. The van der Waals surface area contributed by atoms with Gasteiger partial charge in [0.2, 0.25) is 5.91 Å². The van der Waals surface area contributed by atoms with Gasteiger partial charge < -0.3 is 0 Å². The Balaban J connectivity index is 2.69. The Morgan fingerprint density at radius 1 is 1.47 bits per heavy atom. The molecule has 0 fully saturated rings. The maximum Gasteiger partial charge on any atom is 0.227 e. The molecule has 0 radical (unpaired) electrons. The van der Waals surface area contributed by atoms with Crippen LogP contribution in [-0.2, 0) is 6.42 Å². The van der Waals surface area contributed by atoms with Crippen LogP contribution in [0.15, 0.2) is 30.5 Å². The first-order valence-electron chi connectivity index (χ1n) is 4.71. The molecule has 0 spiro atoms. The van der Waals surface area contributed by atoms with Gasteiger partial charge in [0.1, 0.15) is 0 Å². The average Bonchev–Trinajstić information content (AvgIpc) is 2.62. The third-order valence-corrected chi connectivity index (χ3v) is 2.43. The molecule has 0 unspecified atom stereocenters. The van der Waals surface area contributed by atoms with E-state index >= 15 is 0 Å². The highest BCUT2D eigenvalue weighted by atomic mass is 16.1. The maximum atomic E-state index is 11.3. The fraction of sp³-hybridized carbons (Fsp3) is 0.167. The zero-order valence-electron chi connectivity index (χ0n) is 8.40. The van der Waals surface area contributed by atoms with Gasteiger partial charge in [0, 0.05) is 18.5 Å². The molecule has 1 aromatic carbocycles. The third kappa shape index (κ3) is 1.50. The van der Waals surface area contributed by atoms with Gasteiger partial charge in [-0.05, 0) is 17.7 Å². The summed E-state index contributed by atoms with van der Waals surface area (Å²) in [4.78, 5) is 11.3. The normalized spacial score (nSPS) is 10.1. The second-order valence-corrected chi connectivity index (χ2v) is 3.39. The lowest BCUT2D eigenvalue weighted by Crippen LogP contribution is -2.02. The molecule has 1 heterocycles. The lowest BCUT2D eigenvalue weighted by molar-refractivity contribution is 0.0941. The first-order valence-corrected chi connectivity index (χ1v) is 4.71. The molecule has 0 aliphatic heterocycles. The number of carbonyl (C=O) groups excluding carboxylic acids is 1. The Kier molecular flexibility index (Phi) is 2.26. The molecule has 2 aromatic rings. The number of hydrogen-bond donors (Lipinski definition) is 0. The molecule has 0 bridgehead atoms. The minimum absolute atomic E-state index is 0.0147. The fourth-order valence-electron chi connectivity index (χ4n) is 1.75. The zero-order valence-corrected chi connectivity index (χ0v) is 8.40. The SMILES string of the molecule is CC(=O)n1ccc2c(CC#N)cccc21. The molecule has 1 aromatic heterocycles. The summed E-state index contributed by atoms with van der Waals surface area (Å²) < 4.78 is 1.59. The van der Waals surface area contributed by atoms with Crippen molar-refractivity contribution in [1.29, 1.82) is 5.26 Å². The molecule has 74 valence electrons. The van der Waals surface area contributed by atoms with Crippen molar-refractivity contribution in [1.82, 2.24) is 4.57 Å². The summed E-state index contributed by atoms with van der Waals surface area (Å²) in [5.41, 5.74) is 1.84. The Morgan fingerprint density at radius 2 is 2.27 bits per heavy atom. The van der Waals surface area contributed by atoms with Gasteiger partial charge in [-0.3, -0.25) is 9.36 Å². The van der Waals surface area contributed by atoms with Gasteiger partial charge in [-0.15, -0.1) is 0 Å². The number of nitrogens with zero attached hydrogens (tertiary/aromatic N) is 2. The zero-order chi connectivity index (χ0) is 10.8. The predicted molar refractivity (Wildman–Crippen MR) is 57.6 cm³/mol. The summed E-state index contributed by atoms with van der Waals surface area (Å²) in [6.07, 6.45) is 2.12. The lowest BCUT2D eigenvalue weighted by Gasteiger charge is -2.01. The number of nitriles is 1. The van der Waals surface area contributed by atoms with Crippen LogP contribution in [0.4, 0.5) is 0 Å². The van der Waals surface area contributed by atoms with E-state index in [4.69, 9.17) is 5.26 Å². The predicted octanol–water partition coefficient (Wildman–Crippen LogP) is 2.37. The minimum Gasteiger partial charge on any atom is -0.287 e. The lowest BCUT2D eigenvalue weighted by atomic mass is 10.1. The molecule has 2 rings (SSSR count). The van der Waals surface area contributed by atoms with Crippen molar-refractivity contribution in [2.24, 2.45) is 0 Å². The van der Waals surface area contributed by atoms with Crippen LogP contribution >= 0.6 is 0 Å². The number of benzene rings is 1. The van der Waals surface area contributed by atoms with Crippen molar-refractivity contribution in [2.75, 3.05) is 0 Å². The summed E-state index contributed by atoms with van der Waals surface area (Å²) in [5, 5.41) is 9.65. The van der Waals surface area contributed by atoms with Crippen molar-refractivity contribution in [2.45, 2.75) is 13.3 Å². The van der Waals surface area contributed by atoms with Crippen LogP contribution in [0.5, 0.6) is 0 Å². The summed E-state index contributed by atoms with van der Waals surface area (Å²) in [5.74, 6) is -0.0147. The van der Waals surface area contributed by atoms with Gasteiger partial charge in [0.25, 0.3) is 0 Å². The Morgan fingerprint density at radius 3 is 2.93 bits per heavy atom.